The van der Waals surface area contributed by atoms with E-state index in [2.05, 4.69) is 15.1 Å². The zero-order valence-corrected chi connectivity index (χ0v) is 11.3. The quantitative estimate of drug-likeness (QED) is 0.634. The van der Waals surface area contributed by atoms with Gasteiger partial charge in [0.25, 0.3) is 0 Å². The third-order valence-electron chi connectivity index (χ3n) is 3.30. The molecule has 3 nitrogen and oxygen atoms in total. The first kappa shape index (κ1) is 11.6. The number of rotatable bonds is 1. The first-order valence-corrected chi connectivity index (χ1v) is 7.82. The molecule has 0 aliphatic carbocycles. The summed E-state index contributed by atoms with van der Waals surface area (Å²) >= 11 is 0. The van der Waals surface area contributed by atoms with E-state index in [1.54, 1.807) is 0 Å². The van der Waals surface area contributed by atoms with E-state index < -0.39 is 10.0 Å². The van der Waals surface area contributed by atoms with Crippen molar-refractivity contribution in [2.45, 2.75) is 10.1 Å². The molecular weight excluding hydrogens is 267 g/mol. The van der Waals surface area contributed by atoms with Gasteiger partial charge in [-0.3, -0.25) is 0 Å². The zero-order chi connectivity index (χ0) is 13.6. The van der Waals surface area contributed by atoms with Crippen molar-refractivity contribution >= 4 is 39.7 Å². The molecule has 1 unspecified atom stereocenters. The van der Waals surface area contributed by atoms with Gasteiger partial charge in [0.1, 0.15) is 0 Å². The first-order chi connectivity index (χ1) is 9.83. The van der Waals surface area contributed by atoms with Gasteiger partial charge in [0, 0.05) is 0 Å². The second kappa shape index (κ2) is 4.13. The van der Waals surface area contributed by atoms with Crippen molar-refractivity contribution in [3.63, 3.8) is 0 Å². The van der Waals surface area contributed by atoms with Gasteiger partial charge in [-0.05, 0) is 0 Å². The van der Waals surface area contributed by atoms with Crippen LogP contribution in [0, 0.1) is 5.14 Å². The SMILES string of the molecule is B#CS1(c2nc3ccccc3o2)C=Nc2ccccc21. The number of nitrogens with zero attached hydrogens (tertiary/aromatic N) is 2. The summed E-state index contributed by atoms with van der Waals surface area (Å²) in [5.41, 5.74) is 4.30. The maximum atomic E-state index is 5.90. The molecule has 5 heteroatoms. The van der Waals surface area contributed by atoms with Gasteiger partial charge in [-0.2, -0.15) is 0 Å². The number of para-hydroxylation sites is 3. The molecule has 4 rings (SSSR count). The van der Waals surface area contributed by atoms with Crippen LogP contribution in [0.15, 0.2) is 68.1 Å². The zero-order valence-electron chi connectivity index (χ0n) is 10.5. The van der Waals surface area contributed by atoms with Crippen LogP contribution < -0.4 is 0 Å². The molecule has 0 fully saturated rings. The standard InChI is InChI=1S/C15H9BN2OS/c16-9-20(10-17-12-6-2-4-8-14(12)20)15-18-11-5-1-3-7-13(11)19-15/h1-8,10H. The van der Waals surface area contributed by atoms with Crippen molar-refractivity contribution in [1.29, 1.82) is 0 Å². The Labute approximate surface area is 118 Å². The number of oxazole rings is 1. The van der Waals surface area contributed by atoms with Gasteiger partial charge in [0.2, 0.25) is 0 Å². The van der Waals surface area contributed by atoms with E-state index in [0.717, 1.165) is 21.7 Å². The van der Waals surface area contributed by atoms with Crippen molar-refractivity contribution in [2.75, 3.05) is 0 Å². The molecule has 2 heterocycles. The van der Waals surface area contributed by atoms with E-state index in [1.165, 1.54) is 0 Å². The summed E-state index contributed by atoms with van der Waals surface area (Å²) in [5.74, 6) is 0. The topological polar surface area (TPSA) is 38.4 Å². The van der Waals surface area contributed by atoms with Crippen LogP contribution in [0.25, 0.3) is 11.1 Å². The Morgan fingerprint density at radius 3 is 2.70 bits per heavy atom. The number of aliphatic imine (C=N–C) groups is 1. The Kier molecular flexibility index (Phi) is 2.40. The summed E-state index contributed by atoms with van der Waals surface area (Å²) in [7, 11) is 3.99. The minimum atomic E-state index is -1.84. The Balaban J connectivity index is 2.00. The molecule has 1 aliphatic rings. The van der Waals surface area contributed by atoms with Gasteiger partial charge in [0.15, 0.2) is 0 Å². The third-order valence-corrected chi connectivity index (χ3v) is 5.86. The number of aromatic nitrogens is 1. The van der Waals surface area contributed by atoms with Gasteiger partial charge in [0.05, 0.1) is 0 Å². The van der Waals surface area contributed by atoms with Crippen LogP contribution in [0.1, 0.15) is 0 Å². The average Bonchev–Trinajstić information content (AvgIpc) is 3.09. The van der Waals surface area contributed by atoms with Crippen LogP contribution in [0.3, 0.4) is 0 Å². The summed E-state index contributed by atoms with van der Waals surface area (Å²) in [6.07, 6.45) is 0. The molecule has 0 saturated carbocycles. The Hall–Kier alpha value is -2.23. The van der Waals surface area contributed by atoms with Crippen LogP contribution in [0.4, 0.5) is 5.69 Å². The molecule has 0 saturated heterocycles. The Bertz CT molecular complexity index is 863. The molecule has 0 bridgehead atoms. The number of fused-ring (bicyclic) bond motifs is 2. The molecule has 1 atom stereocenters. The van der Waals surface area contributed by atoms with Crippen LogP contribution in [0.2, 0.25) is 0 Å². The van der Waals surface area contributed by atoms with Crippen molar-refractivity contribution in [2.24, 2.45) is 4.99 Å². The van der Waals surface area contributed by atoms with Crippen LogP contribution in [0.5, 0.6) is 0 Å². The Morgan fingerprint density at radius 2 is 1.85 bits per heavy atom. The monoisotopic (exact) mass is 276 g/mol. The third kappa shape index (κ3) is 1.45. The van der Waals surface area contributed by atoms with Crippen LogP contribution in [-0.2, 0) is 0 Å². The van der Waals surface area contributed by atoms with Crippen molar-refractivity contribution in [3.8, 4) is 5.14 Å². The Morgan fingerprint density at radius 1 is 1.05 bits per heavy atom. The van der Waals surface area contributed by atoms with Crippen LogP contribution >= 0.6 is 10.0 Å². The molecule has 0 amide bonds. The van der Waals surface area contributed by atoms with Crippen molar-refractivity contribution in [3.05, 3.63) is 48.5 Å². The van der Waals surface area contributed by atoms with Crippen molar-refractivity contribution < 1.29 is 4.42 Å². The van der Waals surface area contributed by atoms with E-state index in [1.807, 2.05) is 54.1 Å². The van der Waals surface area contributed by atoms with E-state index in [4.69, 9.17) is 11.7 Å². The molecule has 20 heavy (non-hydrogen) atoms. The van der Waals surface area contributed by atoms with E-state index in [-0.39, 0.29) is 0 Å². The van der Waals surface area contributed by atoms with E-state index in [0.29, 0.717) is 5.22 Å². The summed E-state index contributed by atoms with van der Waals surface area (Å²) in [4.78, 5) is 10.0. The van der Waals surface area contributed by atoms with Gasteiger partial charge >= 0.3 is 118 Å². The van der Waals surface area contributed by atoms with E-state index >= 15 is 0 Å². The fraction of sp³-hybridized carbons (Fsp3) is 0. The fourth-order valence-electron chi connectivity index (χ4n) is 2.30. The summed E-state index contributed by atoms with van der Waals surface area (Å²) in [5, 5.41) is 3.47. The molecule has 2 aromatic carbocycles. The normalized spacial score (nSPS) is 23.3. The van der Waals surface area contributed by atoms with Gasteiger partial charge in [-0.15, -0.1) is 0 Å². The van der Waals surface area contributed by atoms with E-state index in [9.17, 15) is 0 Å². The van der Waals surface area contributed by atoms with Gasteiger partial charge in [-0.1, -0.05) is 0 Å². The molecule has 94 valence electrons. The van der Waals surface area contributed by atoms with Crippen molar-refractivity contribution in [1.82, 2.24) is 4.98 Å². The molecule has 0 spiro atoms. The number of hydrogen-bond acceptors (Lipinski definition) is 3. The number of benzene rings is 2. The second-order valence-electron chi connectivity index (χ2n) is 4.43. The maximum absolute atomic E-state index is 5.90. The molecular formula is C15H9BN2OS. The molecule has 1 aliphatic heterocycles. The molecule has 0 N–H and O–H groups in total. The molecule has 1 aromatic heterocycles. The summed E-state index contributed by atoms with van der Waals surface area (Å²) in [6.45, 7) is 0. The predicted octanol–water partition coefficient (Wildman–Crippen LogP) is 3.81. The average molecular weight is 276 g/mol. The molecule has 3 aromatic rings. The minimum absolute atomic E-state index is 0.579. The second-order valence-corrected chi connectivity index (χ2v) is 6.98. The molecule has 0 radical (unpaired) electrons. The first-order valence-electron chi connectivity index (χ1n) is 6.13. The summed E-state index contributed by atoms with van der Waals surface area (Å²) < 4.78 is 5.90. The van der Waals surface area contributed by atoms with Gasteiger partial charge < -0.3 is 0 Å². The fourth-order valence-corrected chi connectivity index (χ4v) is 4.46. The van der Waals surface area contributed by atoms with Gasteiger partial charge in [-0.25, -0.2) is 0 Å². The number of hydrogen-bond donors (Lipinski definition) is 0. The van der Waals surface area contributed by atoms with Crippen LogP contribution in [-0.4, -0.2) is 17.9 Å². The summed E-state index contributed by atoms with van der Waals surface area (Å²) in [6, 6.07) is 15.6. The predicted molar refractivity (Wildman–Crippen MR) is 82.4 cm³/mol.